The molecule has 0 saturated heterocycles. The van der Waals surface area contributed by atoms with Crippen LogP contribution in [-0.2, 0) is 0 Å². The third kappa shape index (κ3) is 1.37. The maximum absolute atomic E-state index is 8.95. The van der Waals surface area contributed by atoms with Crippen LogP contribution in [0.1, 0.15) is 0 Å². The van der Waals surface area contributed by atoms with E-state index in [0.717, 1.165) is 0 Å². The summed E-state index contributed by atoms with van der Waals surface area (Å²) in [6, 6.07) is 1.66. The average molecular weight is 175 g/mol. The fourth-order valence-electron chi connectivity index (χ4n) is 1.11. The quantitative estimate of drug-likeness (QED) is 0.526. The summed E-state index contributed by atoms with van der Waals surface area (Å²) in [6.07, 6.45) is 4.48. The van der Waals surface area contributed by atoms with Gasteiger partial charge >= 0.3 is 7.12 Å². The van der Waals surface area contributed by atoms with Gasteiger partial charge in [0.2, 0.25) is 0 Å². The Kier molecular flexibility index (Phi) is 1.92. The molecule has 0 saturated carbocycles. The van der Waals surface area contributed by atoms with Gasteiger partial charge in [-0.25, -0.2) is 0 Å². The Labute approximate surface area is 74.3 Å². The van der Waals surface area contributed by atoms with Crippen molar-refractivity contribution >= 4 is 23.7 Å². The van der Waals surface area contributed by atoms with Gasteiger partial charge in [0.05, 0.1) is 11.1 Å². The van der Waals surface area contributed by atoms with Crippen LogP contribution in [0.2, 0.25) is 0 Å². The van der Waals surface area contributed by atoms with Crippen LogP contribution in [0.15, 0.2) is 24.7 Å². The van der Waals surface area contributed by atoms with Gasteiger partial charge in [0.1, 0.15) is 5.52 Å². The number of fused-ring (bicyclic) bond motifs is 1. The molecule has 0 radical (unpaired) electrons. The Morgan fingerprint density at radius 2 is 1.77 bits per heavy atom. The number of hydrogen-bond acceptors (Lipinski definition) is 5. The van der Waals surface area contributed by atoms with Crippen molar-refractivity contribution in [2.75, 3.05) is 0 Å². The summed E-state index contributed by atoms with van der Waals surface area (Å²) in [4.78, 5) is 11.8. The molecular weight excluding hydrogens is 169 g/mol. The van der Waals surface area contributed by atoms with Gasteiger partial charge in [-0.3, -0.25) is 15.0 Å². The highest BCUT2D eigenvalue weighted by Gasteiger charge is 2.17. The Morgan fingerprint density at radius 3 is 2.54 bits per heavy atom. The molecule has 0 aliphatic rings. The molecule has 0 spiro atoms. The topological polar surface area (TPSA) is 79.1 Å². The van der Waals surface area contributed by atoms with Gasteiger partial charge in [-0.05, 0) is 6.07 Å². The van der Waals surface area contributed by atoms with E-state index in [1.54, 1.807) is 6.07 Å². The van der Waals surface area contributed by atoms with Crippen molar-refractivity contribution in [3.8, 4) is 0 Å². The summed E-state index contributed by atoms with van der Waals surface area (Å²) >= 11 is 0. The van der Waals surface area contributed by atoms with Gasteiger partial charge < -0.3 is 10.0 Å². The molecule has 0 unspecified atom stereocenters. The first-order valence-electron chi connectivity index (χ1n) is 3.71. The van der Waals surface area contributed by atoms with Crippen molar-refractivity contribution in [3.05, 3.63) is 24.7 Å². The lowest BCUT2D eigenvalue weighted by molar-refractivity contribution is 0.424. The lowest BCUT2D eigenvalue weighted by atomic mass is 9.84. The fraction of sp³-hybridized carbons (Fsp3) is 0. The van der Waals surface area contributed by atoms with Gasteiger partial charge in [0, 0.05) is 18.6 Å². The van der Waals surface area contributed by atoms with E-state index in [1.807, 2.05) is 0 Å². The van der Waals surface area contributed by atoms with E-state index >= 15 is 0 Å². The highest BCUT2D eigenvalue weighted by atomic mass is 16.4. The molecule has 0 fully saturated rings. The molecule has 6 heteroatoms. The van der Waals surface area contributed by atoms with E-state index in [1.165, 1.54) is 18.6 Å². The van der Waals surface area contributed by atoms with Gasteiger partial charge in [-0.1, -0.05) is 0 Å². The second-order valence-corrected chi connectivity index (χ2v) is 2.49. The molecule has 0 amide bonds. The number of nitrogens with zero attached hydrogens (tertiary/aromatic N) is 3. The number of pyridine rings is 1. The minimum Gasteiger partial charge on any atom is -0.422 e. The molecular formula is C7H6BN3O2. The smallest absolute Gasteiger partial charge is 0.422 e. The van der Waals surface area contributed by atoms with E-state index in [2.05, 4.69) is 15.0 Å². The van der Waals surface area contributed by atoms with Crippen molar-refractivity contribution in [1.29, 1.82) is 0 Å². The van der Waals surface area contributed by atoms with E-state index in [0.29, 0.717) is 11.0 Å². The van der Waals surface area contributed by atoms with E-state index in [-0.39, 0.29) is 5.59 Å². The molecule has 0 aliphatic heterocycles. The third-order valence-corrected chi connectivity index (χ3v) is 1.66. The number of aromatic nitrogens is 3. The predicted molar refractivity (Wildman–Crippen MR) is 47.2 cm³/mol. The Balaban J connectivity index is 2.76. The first-order chi connectivity index (χ1) is 6.29. The van der Waals surface area contributed by atoms with Crippen LogP contribution >= 0.6 is 0 Å². The summed E-state index contributed by atoms with van der Waals surface area (Å²) in [7, 11) is -1.61. The molecule has 2 aromatic rings. The lowest BCUT2D eigenvalue weighted by Crippen LogP contribution is -2.33. The summed E-state index contributed by atoms with van der Waals surface area (Å²) in [5.74, 6) is 0. The van der Waals surface area contributed by atoms with Gasteiger partial charge in [0.15, 0.2) is 0 Å². The third-order valence-electron chi connectivity index (χ3n) is 1.66. The zero-order valence-corrected chi connectivity index (χ0v) is 6.62. The van der Waals surface area contributed by atoms with Gasteiger partial charge in [0.25, 0.3) is 0 Å². The zero-order chi connectivity index (χ0) is 9.26. The molecule has 0 aliphatic carbocycles. The molecule has 0 atom stereocenters. The van der Waals surface area contributed by atoms with Crippen LogP contribution in [0.4, 0.5) is 0 Å². The van der Waals surface area contributed by atoms with E-state index < -0.39 is 7.12 Å². The van der Waals surface area contributed by atoms with Crippen LogP contribution in [0.3, 0.4) is 0 Å². The monoisotopic (exact) mass is 175 g/mol. The van der Waals surface area contributed by atoms with Crippen molar-refractivity contribution in [2.45, 2.75) is 0 Å². The lowest BCUT2D eigenvalue weighted by Gasteiger charge is -2.01. The van der Waals surface area contributed by atoms with Gasteiger partial charge in [-0.15, -0.1) is 0 Å². The highest BCUT2D eigenvalue weighted by Crippen LogP contribution is 2.01. The molecule has 2 rings (SSSR count). The van der Waals surface area contributed by atoms with Crippen LogP contribution in [0, 0.1) is 0 Å². The van der Waals surface area contributed by atoms with Crippen molar-refractivity contribution < 1.29 is 10.0 Å². The Bertz CT molecular complexity index is 430. The maximum atomic E-state index is 8.95. The average Bonchev–Trinajstić information content (AvgIpc) is 2.17. The minimum absolute atomic E-state index is 0.130. The van der Waals surface area contributed by atoms with Crippen LogP contribution in [0.25, 0.3) is 11.0 Å². The van der Waals surface area contributed by atoms with Gasteiger partial charge in [-0.2, -0.15) is 0 Å². The van der Waals surface area contributed by atoms with E-state index in [9.17, 15) is 0 Å². The fourth-order valence-corrected chi connectivity index (χ4v) is 1.11. The normalized spacial score (nSPS) is 10.3. The molecule has 2 aromatic heterocycles. The van der Waals surface area contributed by atoms with E-state index in [4.69, 9.17) is 10.0 Å². The molecule has 13 heavy (non-hydrogen) atoms. The summed E-state index contributed by atoms with van der Waals surface area (Å²) in [6.45, 7) is 0. The van der Waals surface area contributed by atoms with Crippen molar-refractivity contribution in [2.24, 2.45) is 0 Å². The molecule has 2 heterocycles. The molecule has 2 N–H and O–H groups in total. The number of hydrogen-bond donors (Lipinski definition) is 2. The summed E-state index contributed by atoms with van der Waals surface area (Å²) < 4.78 is 0. The van der Waals surface area contributed by atoms with Crippen molar-refractivity contribution in [3.63, 3.8) is 0 Å². The Hall–Kier alpha value is -1.53. The Morgan fingerprint density at radius 1 is 1.00 bits per heavy atom. The second kappa shape index (κ2) is 3.08. The maximum Gasteiger partial charge on any atom is 0.510 e. The summed E-state index contributed by atoms with van der Waals surface area (Å²) in [5, 5.41) is 17.9. The number of rotatable bonds is 1. The minimum atomic E-state index is -1.61. The second-order valence-electron chi connectivity index (χ2n) is 2.49. The van der Waals surface area contributed by atoms with Crippen LogP contribution < -0.4 is 5.59 Å². The van der Waals surface area contributed by atoms with Crippen LogP contribution in [0.5, 0.6) is 0 Å². The van der Waals surface area contributed by atoms with Crippen molar-refractivity contribution in [1.82, 2.24) is 15.0 Å². The highest BCUT2D eigenvalue weighted by molar-refractivity contribution is 6.60. The molecule has 64 valence electrons. The first kappa shape index (κ1) is 8.09. The molecule has 0 bridgehead atoms. The molecule has 5 nitrogen and oxygen atoms in total. The summed E-state index contributed by atoms with van der Waals surface area (Å²) in [5.41, 5.74) is 1.14. The van der Waals surface area contributed by atoms with Crippen LogP contribution in [-0.4, -0.2) is 32.1 Å². The molecule has 0 aromatic carbocycles. The SMILES string of the molecule is OB(O)c1nccc2nccnc12. The zero-order valence-electron chi connectivity index (χ0n) is 6.62. The first-order valence-corrected chi connectivity index (χ1v) is 3.71. The predicted octanol–water partition coefficient (Wildman–Crippen LogP) is -1.30. The standard InChI is InChI=1S/C7H6BN3O2/c12-8(13)7-6-5(1-2-11-7)9-3-4-10-6/h1-4,12-13H. The largest absolute Gasteiger partial charge is 0.510 e.